The summed E-state index contributed by atoms with van der Waals surface area (Å²) in [6.45, 7) is 5.95. The molecule has 7 nitrogen and oxygen atoms in total. The van der Waals surface area contributed by atoms with Crippen LogP contribution in [-0.4, -0.2) is 35.9 Å². The molecule has 2 rings (SSSR count). The standard InChI is InChI=1S/C24H36N4O3/c1-6-8-9-10-11-18(7-2)26-23-22(16(3)25)24(29)28-21(27-23)15-17-12-13-19(30-4)20(14-17)31-5/h12-14,18,25H,6-11,15H2,1-5H3,(H2,26,27,28,29). The van der Waals surface area contributed by atoms with Crippen LogP contribution >= 0.6 is 0 Å². The summed E-state index contributed by atoms with van der Waals surface area (Å²) in [4.78, 5) is 20.3. The summed E-state index contributed by atoms with van der Waals surface area (Å²) in [5.41, 5.74) is 1.16. The molecular weight excluding hydrogens is 392 g/mol. The molecular formula is C24H36N4O3. The Morgan fingerprint density at radius 3 is 2.52 bits per heavy atom. The lowest BCUT2D eigenvalue weighted by atomic mass is 10.0. The predicted octanol–water partition coefficient (Wildman–Crippen LogP) is 4.93. The molecule has 31 heavy (non-hydrogen) atoms. The fraction of sp³-hybridized carbons (Fsp3) is 0.542. The zero-order valence-electron chi connectivity index (χ0n) is 19.4. The number of ether oxygens (including phenoxy) is 2. The Morgan fingerprint density at radius 2 is 1.90 bits per heavy atom. The van der Waals surface area contributed by atoms with Crippen LogP contribution in [0.25, 0.3) is 0 Å². The van der Waals surface area contributed by atoms with Crippen molar-refractivity contribution in [2.45, 2.75) is 71.8 Å². The van der Waals surface area contributed by atoms with Crippen LogP contribution in [0.1, 0.15) is 76.2 Å². The number of nitrogens with one attached hydrogen (secondary N) is 3. The maximum atomic E-state index is 12.8. The van der Waals surface area contributed by atoms with Gasteiger partial charge in [0.1, 0.15) is 17.2 Å². The maximum absolute atomic E-state index is 12.8. The molecule has 1 aromatic heterocycles. The average molecular weight is 429 g/mol. The molecule has 7 heteroatoms. The van der Waals surface area contributed by atoms with E-state index in [-0.39, 0.29) is 17.3 Å². The highest BCUT2D eigenvalue weighted by atomic mass is 16.5. The molecule has 0 radical (unpaired) electrons. The Morgan fingerprint density at radius 1 is 1.16 bits per heavy atom. The lowest BCUT2D eigenvalue weighted by Gasteiger charge is -2.20. The highest BCUT2D eigenvalue weighted by Gasteiger charge is 2.17. The van der Waals surface area contributed by atoms with E-state index in [9.17, 15) is 4.79 Å². The van der Waals surface area contributed by atoms with E-state index in [1.165, 1.54) is 19.3 Å². The number of hydrogen-bond donors (Lipinski definition) is 3. The number of hydrogen-bond acceptors (Lipinski definition) is 6. The molecule has 0 aliphatic rings. The minimum Gasteiger partial charge on any atom is -0.493 e. The van der Waals surface area contributed by atoms with Crippen molar-refractivity contribution >= 4 is 11.5 Å². The molecule has 0 spiro atoms. The van der Waals surface area contributed by atoms with E-state index in [0.717, 1.165) is 24.8 Å². The third kappa shape index (κ3) is 6.84. The van der Waals surface area contributed by atoms with Gasteiger partial charge in [0.25, 0.3) is 5.56 Å². The summed E-state index contributed by atoms with van der Waals surface area (Å²) in [7, 11) is 3.19. The van der Waals surface area contributed by atoms with Crippen LogP contribution in [0.5, 0.6) is 11.5 Å². The molecule has 1 unspecified atom stereocenters. The van der Waals surface area contributed by atoms with Crippen molar-refractivity contribution in [3.05, 3.63) is 45.5 Å². The highest BCUT2D eigenvalue weighted by molar-refractivity contribution is 6.00. The van der Waals surface area contributed by atoms with Crippen LogP contribution in [0.15, 0.2) is 23.0 Å². The molecule has 0 aliphatic carbocycles. The van der Waals surface area contributed by atoms with Gasteiger partial charge in [-0.3, -0.25) is 4.79 Å². The summed E-state index contributed by atoms with van der Waals surface area (Å²) < 4.78 is 10.7. The normalized spacial score (nSPS) is 11.8. The number of methoxy groups -OCH3 is 2. The molecule has 1 aromatic carbocycles. The fourth-order valence-electron chi connectivity index (χ4n) is 3.63. The van der Waals surface area contributed by atoms with Gasteiger partial charge in [0.15, 0.2) is 11.5 Å². The van der Waals surface area contributed by atoms with Crippen LogP contribution in [0.2, 0.25) is 0 Å². The van der Waals surface area contributed by atoms with Crippen LogP contribution in [0.3, 0.4) is 0 Å². The summed E-state index contributed by atoms with van der Waals surface area (Å²) in [5, 5.41) is 11.5. The second-order valence-electron chi connectivity index (χ2n) is 7.83. The van der Waals surface area contributed by atoms with Crippen molar-refractivity contribution in [1.82, 2.24) is 9.97 Å². The Bertz CT molecular complexity index is 924. The van der Waals surface area contributed by atoms with Crippen LogP contribution in [-0.2, 0) is 6.42 Å². The maximum Gasteiger partial charge on any atom is 0.262 e. The molecule has 3 N–H and O–H groups in total. The van der Waals surface area contributed by atoms with Gasteiger partial charge in [0.05, 0.1) is 14.2 Å². The first-order valence-electron chi connectivity index (χ1n) is 11.1. The monoisotopic (exact) mass is 428 g/mol. The number of benzene rings is 1. The van der Waals surface area contributed by atoms with Crippen LogP contribution in [0, 0.1) is 5.41 Å². The number of rotatable bonds is 13. The Labute approximate surface area is 185 Å². The van der Waals surface area contributed by atoms with Crippen molar-refractivity contribution < 1.29 is 9.47 Å². The molecule has 1 atom stereocenters. The molecule has 0 bridgehead atoms. The van der Waals surface area contributed by atoms with Gasteiger partial charge in [-0.15, -0.1) is 0 Å². The SMILES string of the molecule is CCCCCCC(CC)Nc1nc(Cc2ccc(OC)c(OC)c2)[nH]c(=O)c1C(C)=N. The molecule has 170 valence electrons. The number of aromatic amines is 1. The predicted molar refractivity (Wildman–Crippen MR) is 126 cm³/mol. The van der Waals surface area contributed by atoms with E-state index >= 15 is 0 Å². The van der Waals surface area contributed by atoms with E-state index in [4.69, 9.17) is 19.9 Å². The third-order valence-electron chi connectivity index (χ3n) is 5.40. The first-order valence-corrected chi connectivity index (χ1v) is 11.1. The summed E-state index contributed by atoms with van der Waals surface area (Å²) in [5.74, 6) is 2.32. The topological polar surface area (TPSA) is 100 Å². The van der Waals surface area contributed by atoms with Crippen molar-refractivity contribution in [1.29, 1.82) is 5.41 Å². The molecule has 0 saturated carbocycles. The number of anilines is 1. The van der Waals surface area contributed by atoms with Gasteiger partial charge in [-0.25, -0.2) is 4.98 Å². The zero-order valence-corrected chi connectivity index (χ0v) is 19.4. The first-order chi connectivity index (χ1) is 14.9. The second-order valence-corrected chi connectivity index (χ2v) is 7.83. The van der Waals surface area contributed by atoms with E-state index in [1.807, 2.05) is 18.2 Å². The molecule has 0 fully saturated rings. The first kappa shape index (κ1) is 24.4. The van der Waals surface area contributed by atoms with Crippen LogP contribution < -0.4 is 20.3 Å². The van der Waals surface area contributed by atoms with Crippen molar-refractivity contribution in [2.24, 2.45) is 0 Å². The number of nitrogens with zero attached hydrogens (tertiary/aromatic N) is 1. The van der Waals surface area contributed by atoms with Crippen molar-refractivity contribution in [3.63, 3.8) is 0 Å². The summed E-state index contributed by atoms with van der Waals surface area (Å²) >= 11 is 0. The number of unbranched alkanes of at least 4 members (excludes halogenated alkanes) is 3. The lowest BCUT2D eigenvalue weighted by molar-refractivity contribution is 0.354. The molecule has 0 aliphatic heterocycles. The highest BCUT2D eigenvalue weighted by Crippen LogP contribution is 2.28. The van der Waals surface area contributed by atoms with Gasteiger partial charge in [0, 0.05) is 18.2 Å². The van der Waals surface area contributed by atoms with E-state index in [1.54, 1.807) is 21.1 Å². The Balaban J connectivity index is 2.29. The number of aromatic nitrogens is 2. The molecule has 0 saturated heterocycles. The summed E-state index contributed by atoms with van der Waals surface area (Å²) in [6.07, 6.45) is 7.18. The van der Waals surface area contributed by atoms with Gasteiger partial charge in [0.2, 0.25) is 0 Å². The van der Waals surface area contributed by atoms with Crippen molar-refractivity contribution in [3.8, 4) is 11.5 Å². The van der Waals surface area contributed by atoms with Gasteiger partial charge < -0.3 is 25.2 Å². The van der Waals surface area contributed by atoms with Crippen LogP contribution in [0.4, 0.5) is 5.82 Å². The fourth-order valence-corrected chi connectivity index (χ4v) is 3.63. The molecule has 0 amide bonds. The van der Waals surface area contributed by atoms with Gasteiger partial charge >= 0.3 is 0 Å². The Kier molecular flexibility index (Phi) is 9.56. The van der Waals surface area contributed by atoms with E-state index in [0.29, 0.717) is 35.1 Å². The number of H-pyrrole nitrogens is 1. The van der Waals surface area contributed by atoms with Gasteiger partial charge in [-0.1, -0.05) is 45.6 Å². The second kappa shape index (κ2) is 12.1. The van der Waals surface area contributed by atoms with E-state index < -0.39 is 0 Å². The largest absolute Gasteiger partial charge is 0.493 e. The van der Waals surface area contributed by atoms with E-state index in [2.05, 4.69) is 24.1 Å². The lowest BCUT2D eigenvalue weighted by Crippen LogP contribution is -2.27. The quantitative estimate of drug-likeness (QED) is 0.310. The van der Waals surface area contributed by atoms with Gasteiger partial charge in [-0.05, 0) is 37.5 Å². The molecule has 1 heterocycles. The minimum atomic E-state index is -0.290. The van der Waals surface area contributed by atoms with Gasteiger partial charge in [-0.2, -0.15) is 0 Å². The smallest absolute Gasteiger partial charge is 0.262 e. The zero-order chi connectivity index (χ0) is 22.8. The van der Waals surface area contributed by atoms with Crippen molar-refractivity contribution in [2.75, 3.05) is 19.5 Å². The summed E-state index contributed by atoms with van der Waals surface area (Å²) in [6, 6.07) is 5.86. The minimum absolute atomic E-state index is 0.203. The third-order valence-corrected chi connectivity index (χ3v) is 5.40. The average Bonchev–Trinajstić information content (AvgIpc) is 2.75. The molecule has 2 aromatic rings. The Hall–Kier alpha value is -2.83.